The van der Waals surface area contributed by atoms with E-state index in [1.165, 1.54) is 0 Å². The molecule has 0 amide bonds. The molecule has 4 nitrogen and oxygen atoms in total. The molecule has 2 heterocycles. The van der Waals surface area contributed by atoms with Crippen LogP contribution < -0.4 is 11.3 Å². The lowest BCUT2D eigenvalue weighted by Gasteiger charge is -2.15. The van der Waals surface area contributed by atoms with Gasteiger partial charge in [-0.3, -0.25) is 15.7 Å². The van der Waals surface area contributed by atoms with Crippen LogP contribution in [-0.2, 0) is 6.42 Å². The lowest BCUT2D eigenvalue weighted by Crippen LogP contribution is -2.29. The molecule has 0 saturated heterocycles. The van der Waals surface area contributed by atoms with Crippen molar-refractivity contribution in [2.24, 2.45) is 5.84 Å². The van der Waals surface area contributed by atoms with Crippen LogP contribution in [-0.4, -0.2) is 9.38 Å². The Morgan fingerprint density at radius 1 is 1.47 bits per heavy atom. The summed E-state index contributed by atoms with van der Waals surface area (Å²) in [6.07, 6.45) is 4.83. The number of nitrogens with zero attached hydrogens (tertiary/aromatic N) is 2. The van der Waals surface area contributed by atoms with E-state index in [9.17, 15) is 0 Å². The normalized spacial score (nSPS) is 12.9. The number of imidazole rings is 1. The Bertz CT molecular complexity index is 662. The number of benzene rings is 1. The van der Waals surface area contributed by atoms with Gasteiger partial charge in [0.1, 0.15) is 0 Å². The van der Waals surface area contributed by atoms with Gasteiger partial charge in [0.2, 0.25) is 0 Å². The summed E-state index contributed by atoms with van der Waals surface area (Å²) in [5, 5.41) is 2.03. The van der Waals surface area contributed by atoms with E-state index in [0.29, 0.717) is 0 Å². The first-order valence-electron chi connectivity index (χ1n) is 5.89. The molecule has 3 N–H and O–H groups in total. The Hall–Kier alpha value is -1.21. The summed E-state index contributed by atoms with van der Waals surface area (Å²) >= 11 is 5.11. The molecule has 19 heavy (non-hydrogen) atoms. The number of rotatable bonds is 4. The van der Waals surface area contributed by atoms with Crippen LogP contribution in [0, 0.1) is 0 Å². The minimum absolute atomic E-state index is 0.0575. The molecule has 0 aliphatic heterocycles. The van der Waals surface area contributed by atoms with E-state index in [-0.39, 0.29) is 6.04 Å². The highest BCUT2D eigenvalue weighted by atomic mass is 79.9. The quantitative estimate of drug-likeness (QED) is 0.569. The number of fused-ring (bicyclic) bond motifs is 1. The summed E-state index contributed by atoms with van der Waals surface area (Å²) in [7, 11) is 0. The average molecular weight is 337 g/mol. The van der Waals surface area contributed by atoms with Gasteiger partial charge in [0.15, 0.2) is 4.96 Å². The molecule has 0 fully saturated rings. The van der Waals surface area contributed by atoms with Gasteiger partial charge in [0.25, 0.3) is 0 Å². The number of nitrogens with two attached hydrogens (primary N) is 1. The highest BCUT2D eigenvalue weighted by Gasteiger charge is 2.13. The smallest absolute Gasteiger partial charge is 0.193 e. The van der Waals surface area contributed by atoms with Crippen molar-refractivity contribution in [2.75, 3.05) is 0 Å². The van der Waals surface area contributed by atoms with Crippen molar-refractivity contribution in [3.05, 3.63) is 57.8 Å². The number of hydrogen-bond acceptors (Lipinski definition) is 4. The van der Waals surface area contributed by atoms with Crippen LogP contribution in [0.15, 0.2) is 46.5 Å². The number of hydrogen-bond donors (Lipinski definition) is 2. The van der Waals surface area contributed by atoms with Gasteiger partial charge in [-0.1, -0.05) is 28.1 Å². The summed E-state index contributed by atoms with van der Waals surface area (Å²) in [5.41, 5.74) is 5.05. The topological polar surface area (TPSA) is 55.3 Å². The van der Waals surface area contributed by atoms with Gasteiger partial charge >= 0.3 is 0 Å². The van der Waals surface area contributed by atoms with Gasteiger partial charge in [-0.2, -0.15) is 0 Å². The molecule has 98 valence electrons. The Morgan fingerprint density at radius 2 is 2.37 bits per heavy atom. The summed E-state index contributed by atoms with van der Waals surface area (Å²) in [4.78, 5) is 5.60. The van der Waals surface area contributed by atoms with Crippen molar-refractivity contribution in [3.8, 4) is 0 Å². The summed E-state index contributed by atoms with van der Waals surface area (Å²) in [6.45, 7) is 0. The fraction of sp³-hybridized carbons (Fsp3) is 0.154. The van der Waals surface area contributed by atoms with Gasteiger partial charge in [0.05, 0.1) is 11.7 Å². The van der Waals surface area contributed by atoms with Crippen LogP contribution >= 0.6 is 27.3 Å². The standard InChI is InChI=1S/C13H13BrN4S/c14-10-3-1-2-9(6-10)12(17-15)7-11-8-18-4-5-19-13(18)16-11/h1-6,8,12,17H,7,15H2. The first-order valence-corrected chi connectivity index (χ1v) is 7.56. The molecule has 1 aromatic carbocycles. The number of aromatic nitrogens is 2. The molecule has 2 aromatic heterocycles. The van der Waals surface area contributed by atoms with Gasteiger partial charge in [-0.15, -0.1) is 11.3 Å². The van der Waals surface area contributed by atoms with Gasteiger partial charge in [-0.05, 0) is 17.7 Å². The maximum Gasteiger partial charge on any atom is 0.193 e. The lowest BCUT2D eigenvalue weighted by molar-refractivity contribution is 0.547. The van der Waals surface area contributed by atoms with Gasteiger partial charge in [0, 0.05) is 28.7 Å². The Morgan fingerprint density at radius 3 is 3.11 bits per heavy atom. The molecule has 3 rings (SSSR count). The van der Waals surface area contributed by atoms with E-state index in [1.54, 1.807) is 11.3 Å². The molecule has 0 aliphatic rings. The van der Waals surface area contributed by atoms with E-state index < -0.39 is 0 Å². The van der Waals surface area contributed by atoms with Crippen molar-refractivity contribution >= 4 is 32.2 Å². The molecule has 6 heteroatoms. The Kier molecular flexibility index (Phi) is 3.65. The third kappa shape index (κ3) is 2.71. The van der Waals surface area contributed by atoms with E-state index >= 15 is 0 Å². The molecule has 0 saturated carbocycles. The van der Waals surface area contributed by atoms with Crippen LogP contribution in [0.5, 0.6) is 0 Å². The lowest BCUT2D eigenvalue weighted by atomic mass is 10.0. The summed E-state index contributed by atoms with van der Waals surface area (Å²) in [5.74, 6) is 5.67. The van der Waals surface area contributed by atoms with Crippen LogP contribution in [0.25, 0.3) is 4.96 Å². The maximum atomic E-state index is 5.67. The number of thiazole rings is 1. The van der Waals surface area contributed by atoms with Crippen LogP contribution in [0.4, 0.5) is 0 Å². The Labute approximate surface area is 123 Å². The van der Waals surface area contributed by atoms with Crippen molar-refractivity contribution in [1.82, 2.24) is 14.8 Å². The summed E-state index contributed by atoms with van der Waals surface area (Å²) in [6, 6.07) is 8.21. The predicted molar refractivity (Wildman–Crippen MR) is 81.0 cm³/mol. The predicted octanol–water partition coefficient (Wildman–Crippen LogP) is 2.91. The van der Waals surface area contributed by atoms with Crippen molar-refractivity contribution < 1.29 is 0 Å². The second kappa shape index (κ2) is 5.42. The van der Waals surface area contributed by atoms with Crippen molar-refractivity contribution in [1.29, 1.82) is 0 Å². The average Bonchev–Trinajstić information content (AvgIpc) is 2.96. The zero-order chi connectivity index (χ0) is 13.2. The molecule has 0 radical (unpaired) electrons. The zero-order valence-electron chi connectivity index (χ0n) is 10.1. The van der Waals surface area contributed by atoms with Gasteiger partial charge < -0.3 is 0 Å². The van der Waals surface area contributed by atoms with Crippen molar-refractivity contribution in [2.45, 2.75) is 12.5 Å². The van der Waals surface area contributed by atoms with E-state index in [1.807, 2.05) is 34.3 Å². The number of nitrogens with one attached hydrogen (secondary N) is 1. The van der Waals surface area contributed by atoms with Crippen LogP contribution in [0.3, 0.4) is 0 Å². The molecule has 0 aliphatic carbocycles. The molecule has 0 spiro atoms. The minimum Gasteiger partial charge on any atom is -0.297 e. The van der Waals surface area contributed by atoms with Crippen molar-refractivity contribution in [3.63, 3.8) is 0 Å². The monoisotopic (exact) mass is 336 g/mol. The van der Waals surface area contributed by atoms with Crippen LogP contribution in [0.2, 0.25) is 0 Å². The molecular formula is C13H13BrN4S. The van der Waals surface area contributed by atoms with E-state index in [0.717, 1.165) is 27.1 Å². The minimum atomic E-state index is 0.0575. The zero-order valence-corrected chi connectivity index (χ0v) is 12.5. The molecule has 3 aromatic rings. The molecular weight excluding hydrogens is 324 g/mol. The summed E-state index contributed by atoms with van der Waals surface area (Å²) < 4.78 is 3.09. The highest BCUT2D eigenvalue weighted by Crippen LogP contribution is 2.22. The van der Waals surface area contributed by atoms with Crippen LogP contribution in [0.1, 0.15) is 17.3 Å². The maximum absolute atomic E-state index is 5.67. The van der Waals surface area contributed by atoms with E-state index in [4.69, 9.17) is 5.84 Å². The van der Waals surface area contributed by atoms with E-state index in [2.05, 4.69) is 38.5 Å². The first-order chi connectivity index (χ1) is 9.26. The second-order valence-corrected chi connectivity index (χ2v) is 6.09. The third-order valence-corrected chi connectivity index (χ3v) is 4.27. The molecule has 1 unspecified atom stereocenters. The van der Waals surface area contributed by atoms with Gasteiger partial charge in [-0.25, -0.2) is 4.98 Å². The fourth-order valence-electron chi connectivity index (χ4n) is 2.08. The number of halogens is 1. The first kappa shape index (κ1) is 12.8. The number of hydrazine groups is 1. The second-order valence-electron chi connectivity index (χ2n) is 4.30. The Balaban J connectivity index is 1.85. The SMILES string of the molecule is NNC(Cc1cn2ccsc2n1)c1cccc(Br)c1. The largest absolute Gasteiger partial charge is 0.297 e. The third-order valence-electron chi connectivity index (χ3n) is 3.01. The molecule has 1 atom stereocenters. The fourth-order valence-corrected chi connectivity index (χ4v) is 3.22. The highest BCUT2D eigenvalue weighted by molar-refractivity contribution is 9.10. The molecule has 0 bridgehead atoms.